The summed E-state index contributed by atoms with van der Waals surface area (Å²) in [4.78, 5) is 23.6. The average molecular weight is 395 g/mol. The highest BCUT2D eigenvalue weighted by molar-refractivity contribution is 6.34. The van der Waals surface area contributed by atoms with E-state index in [4.69, 9.17) is 16.3 Å². The zero-order valence-electron chi connectivity index (χ0n) is 15.1. The van der Waals surface area contributed by atoms with Gasteiger partial charge in [0.2, 0.25) is 5.95 Å². The maximum absolute atomic E-state index is 12.8. The standard InChI is InChI=1S/C21H19ClN4O2/c22-16-14-23-21(26-12-6-7-13-26)25-19(16)20(27)24-17-10-4-5-11-18(17)28-15-8-2-1-3-9-15/h1-5,8-11,14H,6-7,12-13H2,(H,24,27). The highest BCUT2D eigenvalue weighted by Gasteiger charge is 2.20. The lowest BCUT2D eigenvalue weighted by Gasteiger charge is -2.16. The van der Waals surface area contributed by atoms with Gasteiger partial charge in [-0.1, -0.05) is 41.9 Å². The molecule has 1 saturated heterocycles. The van der Waals surface area contributed by atoms with E-state index in [1.807, 2.05) is 42.5 Å². The molecule has 0 unspecified atom stereocenters. The molecule has 2 heterocycles. The van der Waals surface area contributed by atoms with Gasteiger partial charge >= 0.3 is 0 Å². The van der Waals surface area contributed by atoms with Crippen LogP contribution in [0.5, 0.6) is 11.5 Å². The van der Waals surface area contributed by atoms with Crippen molar-refractivity contribution in [2.24, 2.45) is 0 Å². The molecule has 1 aliphatic rings. The summed E-state index contributed by atoms with van der Waals surface area (Å²) in [7, 11) is 0. The van der Waals surface area contributed by atoms with Gasteiger partial charge in [0.25, 0.3) is 5.91 Å². The number of para-hydroxylation sites is 3. The fourth-order valence-electron chi connectivity index (χ4n) is 3.04. The zero-order chi connectivity index (χ0) is 19.3. The van der Waals surface area contributed by atoms with Gasteiger partial charge in [0, 0.05) is 13.1 Å². The van der Waals surface area contributed by atoms with Crippen LogP contribution < -0.4 is 15.0 Å². The summed E-state index contributed by atoms with van der Waals surface area (Å²) in [6, 6.07) is 16.6. The third-order valence-corrected chi connectivity index (χ3v) is 4.72. The molecule has 1 N–H and O–H groups in total. The molecule has 1 fully saturated rings. The van der Waals surface area contributed by atoms with E-state index in [1.165, 1.54) is 6.20 Å². The van der Waals surface area contributed by atoms with Crippen molar-refractivity contribution in [3.8, 4) is 11.5 Å². The number of benzene rings is 2. The molecular formula is C21H19ClN4O2. The molecule has 0 bridgehead atoms. The number of anilines is 2. The molecule has 0 aliphatic carbocycles. The summed E-state index contributed by atoms with van der Waals surface area (Å²) in [5.74, 6) is 1.34. The van der Waals surface area contributed by atoms with Crippen molar-refractivity contribution in [1.29, 1.82) is 0 Å². The Morgan fingerprint density at radius 1 is 1.04 bits per heavy atom. The Morgan fingerprint density at radius 3 is 2.54 bits per heavy atom. The number of hydrogen-bond acceptors (Lipinski definition) is 5. The number of amides is 1. The summed E-state index contributed by atoms with van der Waals surface area (Å²) >= 11 is 6.20. The molecule has 2 aromatic carbocycles. The van der Waals surface area contributed by atoms with Crippen molar-refractivity contribution >= 4 is 29.1 Å². The van der Waals surface area contributed by atoms with Gasteiger partial charge in [-0.3, -0.25) is 4.79 Å². The van der Waals surface area contributed by atoms with Crippen LogP contribution in [0, 0.1) is 0 Å². The lowest BCUT2D eigenvalue weighted by Crippen LogP contribution is -2.23. The van der Waals surface area contributed by atoms with Crippen molar-refractivity contribution in [2.45, 2.75) is 12.8 Å². The minimum Gasteiger partial charge on any atom is -0.455 e. The van der Waals surface area contributed by atoms with E-state index in [-0.39, 0.29) is 10.7 Å². The van der Waals surface area contributed by atoms with Crippen LogP contribution >= 0.6 is 11.6 Å². The fraction of sp³-hybridized carbons (Fsp3) is 0.190. The zero-order valence-corrected chi connectivity index (χ0v) is 15.9. The van der Waals surface area contributed by atoms with Crippen molar-refractivity contribution in [1.82, 2.24) is 9.97 Å². The van der Waals surface area contributed by atoms with Gasteiger partial charge in [0.15, 0.2) is 11.4 Å². The molecule has 1 aliphatic heterocycles. The highest BCUT2D eigenvalue weighted by atomic mass is 35.5. The first-order chi connectivity index (χ1) is 13.7. The van der Waals surface area contributed by atoms with E-state index >= 15 is 0 Å². The minimum atomic E-state index is -0.406. The number of carbonyl (C=O) groups excluding carboxylic acids is 1. The summed E-state index contributed by atoms with van der Waals surface area (Å²) in [5.41, 5.74) is 0.682. The lowest BCUT2D eigenvalue weighted by atomic mass is 10.2. The predicted octanol–water partition coefficient (Wildman–Crippen LogP) is 4.77. The number of rotatable bonds is 5. The van der Waals surface area contributed by atoms with Gasteiger partial charge in [-0.05, 0) is 37.1 Å². The number of hydrogen-bond donors (Lipinski definition) is 1. The van der Waals surface area contributed by atoms with Gasteiger partial charge in [-0.2, -0.15) is 0 Å². The van der Waals surface area contributed by atoms with E-state index in [1.54, 1.807) is 12.1 Å². The fourth-order valence-corrected chi connectivity index (χ4v) is 3.22. The van der Waals surface area contributed by atoms with E-state index < -0.39 is 5.91 Å². The molecule has 1 amide bonds. The summed E-state index contributed by atoms with van der Waals surface area (Å²) in [6.07, 6.45) is 3.67. The monoisotopic (exact) mass is 394 g/mol. The highest BCUT2D eigenvalue weighted by Crippen LogP contribution is 2.30. The molecule has 4 rings (SSSR count). The second kappa shape index (κ2) is 8.27. The minimum absolute atomic E-state index is 0.146. The second-order valence-electron chi connectivity index (χ2n) is 6.43. The molecule has 28 heavy (non-hydrogen) atoms. The average Bonchev–Trinajstić information content (AvgIpc) is 3.25. The molecule has 142 valence electrons. The third-order valence-electron chi connectivity index (χ3n) is 4.44. The van der Waals surface area contributed by atoms with Crippen LogP contribution in [0.4, 0.5) is 11.6 Å². The van der Waals surface area contributed by atoms with Crippen LogP contribution in [0.3, 0.4) is 0 Å². The van der Waals surface area contributed by atoms with Crippen LogP contribution in [0.2, 0.25) is 5.02 Å². The van der Waals surface area contributed by atoms with Crippen molar-refractivity contribution in [2.75, 3.05) is 23.3 Å². The van der Waals surface area contributed by atoms with Gasteiger partial charge in [-0.15, -0.1) is 0 Å². The molecular weight excluding hydrogens is 376 g/mol. The van der Waals surface area contributed by atoms with Crippen molar-refractivity contribution in [3.05, 3.63) is 71.5 Å². The van der Waals surface area contributed by atoms with Crippen LogP contribution in [-0.4, -0.2) is 29.0 Å². The SMILES string of the molecule is O=C(Nc1ccccc1Oc1ccccc1)c1nc(N2CCCC2)ncc1Cl. The van der Waals surface area contributed by atoms with Gasteiger partial charge in [0.1, 0.15) is 5.75 Å². The largest absolute Gasteiger partial charge is 0.455 e. The Hall–Kier alpha value is -3.12. The topological polar surface area (TPSA) is 67.3 Å². The number of ether oxygens (including phenoxy) is 1. The Labute approximate surface area is 168 Å². The first kappa shape index (κ1) is 18.3. The van der Waals surface area contributed by atoms with Crippen molar-refractivity contribution in [3.63, 3.8) is 0 Å². The van der Waals surface area contributed by atoms with Crippen LogP contribution in [0.1, 0.15) is 23.3 Å². The smallest absolute Gasteiger partial charge is 0.276 e. The maximum atomic E-state index is 12.8. The molecule has 3 aromatic rings. The first-order valence-corrected chi connectivity index (χ1v) is 9.49. The normalized spacial score (nSPS) is 13.4. The number of halogens is 1. The van der Waals surface area contributed by atoms with Gasteiger partial charge in [0.05, 0.1) is 16.9 Å². The Kier molecular flexibility index (Phi) is 5.39. The second-order valence-corrected chi connectivity index (χ2v) is 6.83. The Balaban J connectivity index is 1.56. The number of nitrogens with one attached hydrogen (secondary N) is 1. The molecule has 0 radical (unpaired) electrons. The molecule has 0 atom stereocenters. The quantitative estimate of drug-likeness (QED) is 0.674. The summed E-state index contributed by atoms with van der Waals surface area (Å²) < 4.78 is 5.89. The third kappa shape index (κ3) is 4.07. The van der Waals surface area contributed by atoms with E-state index in [0.717, 1.165) is 25.9 Å². The van der Waals surface area contributed by atoms with Crippen LogP contribution in [-0.2, 0) is 0 Å². The Bertz CT molecular complexity index is 975. The van der Waals surface area contributed by atoms with E-state index in [2.05, 4.69) is 20.2 Å². The van der Waals surface area contributed by atoms with E-state index in [9.17, 15) is 4.79 Å². The van der Waals surface area contributed by atoms with Crippen molar-refractivity contribution < 1.29 is 9.53 Å². The number of aromatic nitrogens is 2. The van der Waals surface area contributed by atoms with Gasteiger partial charge in [-0.25, -0.2) is 9.97 Å². The maximum Gasteiger partial charge on any atom is 0.276 e. The summed E-state index contributed by atoms with van der Waals surface area (Å²) in [6.45, 7) is 1.77. The molecule has 1 aromatic heterocycles. The molecule has 0 spiro atoms. The van der Waals surface area contributed by atoms with E-state index in [0.29, 0.717) is 23.1 Å². The predicted molar refractivity (Wildman–Crippen MR) is 109 cm³/mol. The lowest BCUT2D eigenvalue weighted by molar-refractivity contribution is 0.102. The Morgan fingerprint density at radius 2 is 1.75 bits per heavy atom. The van der Waals surface area contributed by atoms with Crippen LogP contribution in [0.15, 0.2) is 60.8 Å². The first-order valence-electron chi connectivity index (χ1n) is 9.11. The van der Waals surface area contributed by atoms with Crippen LogP contribution in [0.25, 0.3) is 0 Å². The molecule has 0 saturated carbocycles. The number of carbonyl (C=O) groups is 1. The van der Waals surface area contributed by atoms with Gasteiger partial charge < -0.3 is 15.0 Å². The molecule has 6 nitrogen and oxygen atoms in total. The summed E-state index contributed by atoms with van der Waals surface area (Å²) in [5, 5.41) is 3.06. The molecule has 7 heteroatoms. The number of nitrogens with zero attached hydrogens (tertiary/aromatic N) is 3.